The molecule has 1 N–H and O–H groups in total. The van der Waals surface area contributed by atoms with E-state index in [-0.39, 0.29) is 18.2 Å². The van der Waals surface area contributed by atoms with Crippen molar-refractivity contribution >= 4 is 58.3 Å². The molecule has 0 aliphatic carbocycles. The number of ether oxygens (including phenoxy) is 1. The maximum atomic E-state index is 11.9. The number of carbonyl (C=O) groups is 2. The second-order valence-electron chi connectivity index (χ2n) is 4.72. The Balaban J connectivity index is 1.83. The number of nitrogens with one attached hydrogen (secondary N) is 1. The second-order valence-corrected chi connectivity index (χ2v) is 6.35. The summed E-state index contributed by atoms with van der Waals surface area (Å²) in [6.07, 6.45) is 0. The third-order valence-electron chi connectivity index (χ3n) is 2.96. The number of amides is 1. The Kier molecular flexibility index (Phi) is 6.75. The Morgan fingerprint density at radius 2 is 1.50 bits per heavy atom. The summed E-state index contributed by atoms with van der Waals surface area (Å²) in [5.74, 6) is -1.05. The van der Waals surface area contributed by atoms with Crippen LogP contribution in [-0.2, 0) is 16.1 Å². The highest BCUT2D eigenvalue weighted by Gasteiger charge is 2.11. The minimum Gasteiger partial charge on any atom is -0.460 e. The number of benzene rings is 2. The first kappa shape index (κ1) is 18.9. The van der Waals surface area contributed by atoms with Gasteiger partial charge in [0.25, 0.3) is 5.91 Å². The summed E-state index contributed by atoms with van der Waals surface area (Å²) < 4.78 is 5.05. The van der Waals surface area contributed by atoms with E-state index in [4.69, 9.17) is 51.1 Å². The lowest BCUT2D eigenvalue weighted by Crippen LogP contribution is -2.30. The van der Waals surface area contributed by atoms with Gasteiger partial charge < -0.3 is 10.1 Å². The molecule has 2 rings (SSSR count). The molecular formula is C16H11Cl4NO3. The van der Waals surface area contributed by atoms with Crippen molar-refractivity contribution in [1.82, 2.24) is 5.32 Å². The van der Waals surface area contributed by atoms with Crippen molar-refractivity contribution in [2.24, 2.45) is 0 Å². The first-order valence-electron chi connectivity index (χ1n) is 6.69. The number of hydrogen-bond donors (Lipinski definition) is 1. The molecule has 0 aliphatic rings. The second kappa shape index (κ2) is 8.58. The molecule has 0 spiro atoms. The number of hydrogen-bond acceptors (Lipinski definition) is 3. The van der Waals surface area contributed by atoms with E-state index in [0.717, 1.165) is 0 Å². The normalized spacial score (nSPS) is 10.3. The van der Waals surface area contributed by atoms with E-state index in [0.29, 0.717) is 26.2 Å². The highest BCUT2D eigenvalue weighted by molar-refractivity contribution is 6.42. The third-order valence-corrected chi connectivity index (χ3v) is 4.44. The summed E-state index contributed by atoms with van der Waals surface area (Å²) in [6.45, 7) is -0.251. The van der Waals surface area contributed by atoms with Crippen molar-refractivity contribution < 1.29 is 14.3 Å². The van der Waals surface area contributed by atoms with Gasteiger partial charge in [-0.05, 0) is 35.9 Å². The van der Waals surface area contributed by atoms with Gasteiger partial charge in [-0.25, -0.2) is 0 Å². The predicted molar refractivity (Wildman–Crippen MR) is 95.1 cm³/mol. The molecule has 0 heterocycles. The first-order chi connectivity index (χ1) is 11.4. The maximum Gasteiger partial charge on any atom is 0.325 e. The van der Waals surface area contributed by atoms with Crippen molar-refractivity contribution in [1.29, 1.82) is 0 Å². The zero-order valence-electron chi connectivity index (χ0n) is 12.1. The number of halogens is 4. The molecule has 0 bridgehead atoms. The molecule has 0 saturated carbocycles. The zero-order valence-corrected chi connectivity index (χ0v) is 15.1. The Morgan fingerprint density at radius 3 is 2.12 bits per heavy atom. The van der Waals surface area contributed by atoms with Crippen LogP contribution in [0, 0.1) is 0 Å². The van der Waals surface area contributed by atoms with Crippen LogP contribution in [0.1, 0.15) is 15.9 Å². The summed E-state index contributed by atoms with van der Waals surface area (Å²) in [7, 11) is 0. The first-order valence-corrected chi connectivity index (χ1v) is 8.21. The molecule has 0 aromatic heterocycles. The fourth-order valence-electron chi connectivity index (χ4n) is 1.74. The van der Waals surface area contributed by atoms with Gasteiger partial charge in [0.05, 0.1) is 20.1 Å². The van der Waals surface area contributed by atoms with Gasteiger partial charge in [-0.15, -0.1) is 0 Å². The topological polar surface area (TPSA) is 55.4 Å². The third kappa shape index (κ3) is 5.28. The molecule has 0 unspecified atom stereocenters. The molecule has 0 atom stereocenters. The smallest absolute Gasteiger partial charge is 0.325 e. The van der Waals surface area contributed by atoms with E-state index in [9.17, 15) is 9.59 Å². The Morgan fingerprint density at radius 1 is 0.875 bits per heavy atom. The molecule has 2 aromatic carbocycles. The Hall–Kier alpha value is -1.46. The lowest BCUT2D eigenvalue weighted by atomic mass is 10.2. The summed E-state index contributed by atoms with van der Waals surface area (Å²) >= 11 is 23.3. The summed E-state index contributed by atoms with van der Waals surface area (Å²) in [4.78, 5) is 23.6. The van der Waals surface area contributed by atoms with Crippen LogP contribution in [0.3, 0.4) is 0 Å². The van der Waals surface area contributed by atoms with Gasteiger partial charge in [-0.3, -0.25) is 9.59 Å². The number of rotatable bonds is 5. The fourth-order valence-corrected chi connectivity index (χ4v) is 2.35. The standard InChI is InChI=1S/C16H11Cl4NO3/c17-11-3-1-9(5-13(11)19)8-24-15(22)7-21-16(23)10-2-4-12(18)14(20)6-10/h1-6H,7-8H2,(H,21,23). The number of carbonyl (C=O) groups excluding carboxylic acids is 2. The Bertz CT molecular complexity index is 780. The van der Waals surface area contributed by atoms with E-state index < -0.39 is 11.9 Å². The van der Waals surface area contributed by atoms with E-state index in [2.05, 4.69) is 5.32 Å². The van der Waals surface area contributed by atoms with E-state index >= 15 is 0 Å². The summed E-state index contributed by atoms with van der Waals surface area (Å²) in [5, 5.41) is 3.83. The molecule has 0 saturated heterocycles. The molecule has 1 amide bonds. The van der Waals surface area contributed by atoms with Gasteiger partial charge in [0.2, 0.25) is 0 Å². The minimum absolute atomic E-state index is 0.0262. The van der Waals surface area contributed by atoms with Crippen molar-refractivity contribution in [3.63, 3.8) is 0 Å². The lowest BCUT2D eigenvalue weighted by Gasteiger charge is -2.08. The lowest BCUT2D eigenvalue weighted by molar-refractivity contribution is -0.143. The van der Waals surface area contributed by atoms with Crippen LogP contribution in [0.4, 0.5) is 0 Å². The molecule has 4 nitrogen and oxygen atoms in total. The number of esters is 1. The molecule has 24 heavy (non-hydrogen) atoms. The van der Waals surface area contributed by atoms with Gasteiger partial charge in [0.1, 0.15) is 13.2 Å². The summed E-state index contributed by atoms with van der Waals surface area (Å²) in [5.41, 5.74) is 0.982. The van der Waals surface area contributed by atoms with Gasteiger partial charge in [0.15, 0.2) is 0 Å². The molecule has 8 heteroatoms. The monoisotopic (exact) mass is 405 g/mol. The molecule has 0 aliphatic heterocycles. The predicted octanol–water partition coefficient (Wildman–Crippen LogP) is 4.77. The molecular weight excluding hydrogens is 396 g/mol. The van der Waals surface area contributed by atoms with Crippen molar-refractivity contribution in [3.8, 4) is 0 Å². The molecule has 2 aromatic rings. The van der Waals surface area contributed by atoms with Crippen molar-refractivity contribution in [2.75, 3.05) is 6.54 Å². The van der Waals surface area contributed by atoms with E-state index in [1.54, 1.807) is 18.2 Å². The van der Waals surface area contributed by atoms with E-state index in [1.807, 2.05) is 0 Å². The largest absolute Gasteiger partial charge is 0.460 e. The van der Waals surface area contributed by atoms with Gasteiger partial charge >= 0.3 is 5.97 Å². The zero-order chi connectivity index (χ0) is 17.7. The highest BCUT2D eigenvalue weighted by Crippen LogP contribution is 2.23. The fraction of sp³-hybridized carbons (Fsp3) is 0.125. The van der Waals surface area contributed by atoms with Crippen LogP contribution in [0.15, 0.2) is 36.4 Å². The quantitative estimate of drug-likeness (QED) is 0.727. The van der Waals surface area contributed by atoms with Crippen LogP contribution in [0.2, 0.25) is 20.1 Å². The SMILES string of the molecule is O=C(CNC(=O)c1ccc(Cl)c(Cl)c1)OCc1ccc(Cl)c(Cl)c1. The minimum atomic E-state index is -0.588. The van der Waals surface area contributed by atoms with E-state index in [1.165, 1.54) is 18.2 Å². The Labute approximate surface area is 158 Å². The maximum absolute atomic E-state index is 11.9. The van der Waals surface area contributed by atoms with Crippen molar-refractivity contribution in [3.05, 3.63) is 67.6 Å². The summed E-state index contributed by atoms with van der Waals surface area (Å²) in [6, 6.07) is 9.33. The van der Waals surface area contributed by atoms with Crippen LogP contribution < -0.4 is 5.32 Å². The highest BCUT2D eigenvalue weighted by atomic mass is 35.5. The average molecular weight is 407 g/mol. The van der Waals surface area contributed by atoms with Gasteiger partial charge in [-0.2, -0.15) is 0 Å². The van der Waals surface area contributed by atoms with Crippen LogP contribution in [-0.4, -0.2) is 18.4 Å². The van der Waals surface area contributed by atoms with Crippen molar-refractivity contribution in [2.45, 2.75) is 6.61 Å². The van der Waals surface area contributed by atoms with Crippen LogP contribution >= 0.6 is 46.4 Å². The van der Waals surface area contributed by atoms with Gasteiger partial charge in [0, 0.05) is 5.56 Å². The molecule has 0 fully saturated rings. The van der Waals surface area contributed by atoms with Crippen LogP contribution in [0.25, 0.3) is 0 Å². The molecule has 126 valence electrons. The van der Waals surface area contributed by atoms with Gasteiger partial charge in [-0.1, -0.05) is 52.5 Å². The van der Waals surface area contributed by atoms with Crippen LogP contribution in [0.5, 0.6) is 0 Å². The average Bonchev–Trinajstić information content (AvgIpc) is 2.56. The molecule has 0 radical (unpaired) electrons.